The Hall–Kier alpha value is -3.56. The van der Waals surface area contributed by atoms with E-state index < -0.39 is 18.5 Å². The lowest BCUT2D eigenvalue weighted by molar-refractivity contribution is -0.133. The van der Waals surface area contributed by atoms with Gasteiger partial charge < -0.3 is 11.5 Å². The van der Waals surface area contributed by atoms with Gasteiger partial charge in [0.05, 0.1) is 28.5 Å². The Morgan fingerprint density at radius 1 is 1.25 bits per heavy atom. The molecule has 5 rings (SSSR count). The van der Waals surface area contributed by atoms with Gasteiger partial charge in [0.2, 0.25) is 0 Å². The largest absolute Gasteiger partial charge is 0.389 e. The minimum Gasteiger partial charge on any atom is -0.384 e. The number of carbonyl (C=O) groups excluding carboxylic acids is 1. The van der Waals surface area contributed by atoms with E-state index in [1.54, 1.807) is 10.8 Å². The van der Waals surface area contributed by atoms with Gasteiger partial charge in [-0.15, -0.1) is 0 Å². The van der Waals surface area contributed by atoms with E-state index in [-0.39, 0.29) is 23.7 Å². The van der Waals surface area contributed by atoms with E-state index in [1.807, 2.05) is 19.1 Å². The topological polar surface area (TPSA) is 116 Å². The van der Waals surface area contributed by atoms with E-state index in [9.17, 15) is 18.0 Å². The van der Waals surface area contributed by atoms with Gasteiger partial charge in [0.1, 0.15) is 5.82 Å². The predicted molar refractivity (Wildman–Crippen MR) is 115 cm³/mol. The molecule has 3 aromatic heterocycles. The highest BCUT2D eigenvalue weighted by Crippen LogP contribution is 2.45. The van der Waals surface area contributed by atoms with Gasteiger partial charge in [-0.3, -0.25) is 19.4 Å². The Morgan fingerprint density at radius 3 is 2.66 bits per heavy atom. The number of carbonyl (C=O) groups is 1. The second-order valence-corrected chi connectivity index (χ2v) is 8.30. The quantitative estimate of drug-likeness (QED) is 0.428. The van der Waals surface area contributed by atoms with E-state index in [0.717, 1.165) is 29.3 Å². The zero-order valence-corrected chi connectivity index (χ0v) is 17.3. The fraction of sp³-hybridized carbons (Fsp3) is 0.318. The lowest BCUT2D eigenvalue weighted by atomic mass is 10.0. The summed E-state index contributed by atoms with van der Waals surface area (Å²) in [6.45, 7) is 1.87. The smallest absolute Gasteiger partial charge is 0.384 e. The van der Waals surface area contributed by atoms with Crippen molar-refractivity contribution in [1.29, 1.82) is 0 Å². The molecule has 0 bridgehead atoms. The van der Waals surface area contributed by atoms with Crippen molar-refractivity contribution in [2.45, 2.75) is 44.7 Å². The number of nitrogens with one attached hydrogen (secondary N) is 1. The maximum atomic E-state index is 13.2. The predicted octanol–water partition coefficient (Wildman–Crippen LogP) is 4.26. The molecular formula is C22H21F3N6O. The molecule has 0 spiro atoms. The number of hydrogen-bond acceptors (Lipinski definition) is 4. The first-order valence-electron chi connectivity index (χ1n) is 10.3. The van der Waals surface area contributed by atoms with E-state index in [0.29, 0.717) is 27.8 Å². The summed E-state index contributed by atoms with van der Waals surface area (Å²) >= 11 is 0. The summed E-state index contributed by atoms with van der Waals surface area (Å²) in [4.78, 5) is 16.8. The fourth-order valence-corrected chi connectivity index (χ4v) is 4.49. The van der Waals surface area contributed by atoms with Crippen LogP contribution in [0.25, 0.3) is 27.5 Å². The number of H-pyrrole nitrogens is 1. The van der Waals surface area contributed by atoms with Crippen LogP contribution in [0, 0.1) is 6.92 Å². The van der Waals surface area contributed by atoms with Crippen LogP contribution >= 0.6 is 0 Å². The van der Waals surface area contributed by atoms with Gasteiger partial charge in [-0.2, -0.15) is 18.3 Å². The highest BCUT2D eigenvalue weighted by molar-refractivity contribution is 6.13. The summed E-state index contributed by atoms with van der Waals surface area (Å²) in [5.41, 5.74) is 15.9. The fourth-order valence-electron chi connectivity index (χ4n) is 4.49. The van der Waals surface area contributed by atoms with Crippen LogP contribution in [0.5, 0.6) is 0 Å². The van der Waals surface area contributed by atoms with Gasteiger partial charge in [0.25, 0.3) is 5.91 Å². The van der Waals surface area contributed by atoms with Gasteiger partial charge in [-0.1, -0.05) is 6.07 Å². The lowest BCUT2D eigenvalue weighted by Crippen LogP contribution is -2.14. The minimum absolute atomic E-state index is 0.0583. The molecule has 3 heterocycles. The number of alkyl halides is 3. The number of benzene rings is 1. The molecule has 1 saturated carbocycles. The molecule has 0 saturated heterocycles. The number of primary amides is 1. The average molecular weight is 442 g/mol. The van der Waals surface area contributed by atoms with Crippen LogP contribution in [0.15, 0.2) is 24.5 Å². The first-order valence-corrected chi connectivity index (χ1v) is 10.3. The highest BCUT2D eigenvalue weighted by atomic mass is 19.4. The molecule has 32 heavy (non-hydrogen) atoms. The molecule has 1 fully saturated rings. The molecule has 7 nitrogen and oxygen atoms in total. The summed E-state index contributed by atoms with van der Waals surface area (Å²) in [7, 11) is 0. The Labute approximate surface area is 180 Å². The first kappa shape index (κ1) is 20.3. The molecule has 1 aliphatic rings. The van der Waals surface area contributed by atoms with Gasteiger partial charge in [0.15, 0.2) is 0 Å². The second-order valence-electron chi connectivity index (χ2n) is 8.30. The average Bonchev–Trinajstić information content (AvgIpc) is 3.37. The minimum atomic E-state index is -4.33. The van der Waals surface area contributed by atoms with Crippen molar-refractivity contribution in [3.63, 3.8) is 0 Å². The number of fused-ring (bicyclic) bond motifs is 2. The number of nitrogens with zero attached hydrogens (tertiary/aromatic N) is 3. The maximum absolute atomic E-state index is 13.2. The summed E-state index contributed by atoms with van der Waals surface area (Å²) < 4.78 is 41.3. The summed E-state index contributed by atoms with van der Waals surface area (Å²) in [6, 6.07) is 3.73. The van der Waals surface area contributed by atoms with Gasteiger partial charge >= 0.3 is 6.18 Å². The zero-order chi connectivity index (χ0) is 22.8. The Morgan fingerprint density at radius 2 is 2.00 bits per heavy atom. The molecule has 1 aromatic carbocycles. The maximum Gasteiger partial charge on any atom is 0.389 e. The van der Waals surface area contributed by atoms with Crippen molar-refractivity contribution in [2.24, 2.45) is 5.73 Å². The molecular weight excluding hydrogens is 421 g/mol. The van der Waals surface area contributed by atoms with Crippen LogP contribution in [-0.4, -0.2) is 31.8 Å². The molecule has 10 heteroatoms. The number of halogens is 3. The number of nitrogen functional groups attached to an aromatic ring is 1. The number of rotatable bonds is 5. The lowest BCUT2D eigenvalue weighted by Gasteiger charge is -2.17. The van der Waals surface area contributed by atoms with E-state index in [1.165, 1.54) is 6.20 Å². The third-order valence-corrected chi connectivity index (χ3v) is 6.06. The highest BCUT2D eigenvalue weighted by Gasteiger charge is 2.34. The van der Waals surface area contributed by atoms with Crippen LogP contribution in [-0.2, 0) is 6.42 Å². The first-order chi connectivity index (χ1) is 15.2. The summed E-state index contributed by atoms with van der Waals surface area (Å²) in [5.74, 6) is -0.576. The monoisotopic (exact) mass is 442 g/mol. The van der Waals surface area contributed by atoms with Crippen LogP contribution in [0.1, 0.15) is 52.4 Å². The second kappa shape index (κ2) is 6.98. The molecule has 1 aliphatic carbocycles. The van der Waals surface area contributed by atoms with Crippen molar-refractivity contribution in [2.75, 3.05) is 5.73 Å². The number of anilines is 1. The Bertz CT molecular complexity index is 1380. The van der Waals surface area contributed by atoms with Crippen LogP contribution < -0.4 is 11.5 Å². The SMILES string of the molecule is Cc1ccc2[nH]ncc2c1-n1c(N)c(C(N)=O)c2cnc(C3CC3)c(CCC(F)(F)F)c21. The third-order valence-electron chi connectivity index (χ3n) is 6.06. The van der Waals surface area contributed by atoms with Crippen LogP contribution in [0.2, 0.25) is 0 Å². The number of amides is 1. The molecule has 1 amide bonds. The van der Waals surface area contributed by atoms with E-state index in [4.69, 9.17) is 11.5 Å². The van der Waals surface area contributed by atoms with E-state index in [2.05, 4.69) is 15.2 Å². The van der Waals surface area contributed by atoms with Crippen LogP contribution in [0.4, 0.5) is 19.0 Å². The number of aryl methyl sites for hydroxylation is 2. The number of hydrogen-bond donors (Lipinski definition) is 3. The summed E-state index contributed by atoms with van der Waals surface area (Å²) in [5, 5.41) is 8.08. The van der Waals surface area contributed by atoms with Crippen molar-refractivity contribution in [1.82, 2.24) is 19.7 Å². The number of aromatic amines is 1. The zero-order valence-electron chi connectivity index (χ0n) is 17.3. The number of pyridine rings is 1. The molecule has 5 N–H and O–H groups in total. The Kier molecular flexibility index (Phi) is 4.44. The number of aromatic nitrogens is 4. The molecule has 0 atom stereocenters. The molecule has 0 aliphatic heterocycles. The van der Waals surface area contributed by atoms with Crippen molar-refractivity contribution in [3.8, 4) is 5.69 Å². The third kappa shape index (κ3) is 3.17. The van der Waals surface area contributed by atoms with Crippen molar-refractivity contribution in [3.05, 3.63) is 46.9 Å². The molecule has 166 valence electrons. The molecule has 0 radical (unpaired) electrons. The molecule has 0 unspecified atom stereocenters. The molecule has 4 aromatic rings. The van der Waals surface area contributed by atoms with Gasteiger partial charge in [-0.25, -0.2) is 0 Å². The van der Waals surface area contributed by atoms with E-state index >= 15 is 0 Å². The standard InChI is InChI=1S/C22H21F3N6O/c1-10-2-5-15-13(9-29-30-15)18(10)31-19-12(6-7-22(23,24)25)17(11-3-4-11)28-8-14(19)16(20(31)26)21(27)32/h2,5,8-9,11H,3-4,6-7,26H2,1H3,(H2,27,32)(H,29,30). The van der Waals surface area contributed by atoms with Crippen molar-refractivity contribution < 1.29 is 18.0 Å². The normalized spacial score (nSPS) is 14.5. The van der Waals surface area contributed by atoms with Crippen LogP contribution in [0.3, 0.4) is 0 Å². The van der Waals surface area contributed by atoms with Crippen molar-refractivity contribution >= 4 is 33.5 Å². The summed E-state index contributed by atoms with van der Waals surface area (Å²) in [6.07, 6.45) is -0.720. The number of nitrogens with two attached hydrogens (primary N) is 2. The van der Waals surface area contributed by atoms with Gasteiger partial charge in [-0.05, 0) is 43.4 Å². The Balaban J connectivity index is 1.91. The van der Waals surface area contributed by atoms with Gasteiger partial charge in [0, 0.05) is 35.0 Å².